The molecule has 0 saturated carbocycles. The molecule has 1 aliphatic heterocycles. The van der Waals surface area contributed by atoms with Gasteiger partial charge in [0.1, 0.15) is 0 Å². The van der Waals surface area contributed by atoms with Crippen LogP contribution in [0.4, 0.5) is 4.79 Å². The van der Waals surface area contributed by atoms with Gasteiger partial charge in [0.25, 0.3) is 0 Å². The van der Waals surface area contributed by atoms with Gasteiger partial charge in [-0.3, -0.25) is 19.8 Å². The van der Waals surface area contributed by atoms with Gasteiger partial charge in [-0.15, -0.1) is 11.3 Å². The molecule has 2 rings (SSSR count). The van der Waals surface area contributed by atoms with Crippen molar-refractivity contribution in [3.05, 3.63) is 22.4 Å². The Hall–Kier alpha value is -1.93. The van der Waals surface area contributed by atoms with Crippen LogP contribution in [0.25, 0.3) is 0 Å². The number of piperazine rings is 1. The average molecular weight is 310 g/mol. The molecule has 3 N–H and O–H groups in total. The molecular weight excluding hydrogens is 292 g/mol. The first-order valence-electron chi connectivity index (χ1n) is 6.72. The Morgan fingerprint density at radius 3 is 3.00 bits per heavy atom. The number of imide groups is 1. The van der Waals surface area contributed by atoms with Crippen LogP contribution in [0.3, 0.4) is 0 Å². The molecule has 0 unspecified atom stereocenters. The molecule has 2 heterocycles. The van der Waals surface area contributed by atoms with E-state index in [0.717, 1.165) is 6.42 Å². The lowest BCUT2D eigenvalue weighted by molar-refractivity contribution is -0.126. The van der Waals surface area contributed by atoms with Crippen LogP contribution in [-0.4, -0.2) is 55.5 Å². The first-order chi connectivity index (χ1) is 10.1. The third-order valence-electron chi connectivity index (χ3n) is 2.97. The maximum atomic E-state index is 11.7. The monoisotopic (exact) mass is 310 g/mol. The van der Waals surface area contributed by atoms with Crippen LogP contribution in [0.2, 0.25) is 0 Å². The van der Waals surface area contributed by atoms with E-state index >= 15 is 0 Å². The number of thiophene rings is 1. The summed E-state index contributed by atoms with van der Waals surface area (Å²) >= 11 is 1.63. The highest BCUT2D eigenvalue weighted by Gasteiger charge is 2.19. The van der Waals surface area contributed by atoms with Crippen molar-refractivity contribution < 1.29 is 14.4 Å². The Balaban J connectivity index is 1.62. The molecule has 1 aromatic heterocycles. The number of hydrogen-bond acceptors (Lipinski definition) is 5. The highest BCUT2D eigenvalue weighted by Crippen LogP contribution is 2.07. The molecule has 8 heteroatoms. The number of nitrogens with one attached hydrogen (secondary N) is 3. The second-order valence-corrected chi connectivity index (χ2v) is 5.73. The summed E-state index contributed by atoms with van der Waals surface area (Å²) in [4.78, 5) is 37.3. The highest BCUT2D eigenvalue weighted by molar-refractivity contribution is 7.09. The first kappa shape index (κ1) is 15.5. The lowest BCUT2D eigenvalue weighted by Crippen LogP contribution is -2.52. The van der Waals surface area contributed by atoms with Gasteiger partial charge < -0.3 is 10.6 Å². The molecule has 1 aliphatic rings. The number of nitrogens with zero attached hydrogens (tertiary/aromatic N) is 1. The summed E-state index contributed by atoms with van der Waals surface area (Å²) in [5.41, 5.74) is 0. The van der Waals surface area contributed by atoms with Crippen LogP contribution in [0.15, 0.2) is 17.5 Å². The zero-order valence-corrected chi connectivity index (χ0v) is 12.4. The molecule has 0 spiro atoms. The zero-order chi connectivity index (χ0) is 15.1. The van der Waals surface area contributed by atoms with E-state index in [0.29, 0.717) is 19.6 Å². The molecule has 1 saturated heterocycles. The van der Waals surface area contributed by atoms with E-state index in [1.165, 1.54) is 4.88 Å². The summed E-state index contributed by atoms with van der Waals surface area (Å²) in [5.74, 6) is -0.507. The minimum absolute atomic E-state index is 0.0474. The number of hydrogen-bond donors (Lipinski definition) is 3. The predicted molar refractivity (Wildman–Crippen MR) is 79.0 cm³/mol. The van der Waals surface area contributed by atoms with Crippen LogP contribution in [0, 0.1) is 0 Å². The summed E-state index contributed by atoms with van der Waals surface area (Å²) in [6.07, 6.45) is 0.742. The standard InChI is InChI=1S/C13H18N4O3S/c18-11-8-17(6-5-14-11)9-12(19)16-13(20)15-4-3-10-2-1-7-21-10/h1-2,7H,3-6,8-9H2,(H,14,18)(H2,15,16,19,20). The van der Waals surface area contributed by atoms with Crippen LogP contribution in [0.5, 0.6) is 0 Å². The normalized spacial score (nSPS) is 15.3. The fraction of sp³-hybridized carbons (Fsp3) is 0.462. The Kier molecular flexibility index (Phi) is 5.70. The molecule has 0 aromatic carbocycles. The molecule has 1 fully saturated rings. The Bertz CT molecular complexity index is 504. The van der Waals surface area contributed by atoms with Gasteiger partial charge in [0.05, 0.1) is 13.1 Å². The largest absolute Gasteiger partial charge is 0.354 e. The first-order valence-corrected chi connectivity index (χ1v) is 7.60. The molecule has 21 heavy (non-hydrogen) atoms. The fourth-order valence-electron chi connectivity index (χ4n) is 1.99. The minimum Gasteiger partial charge on any atom is -0.354 e. The second kappa shape index (κ2) is 7.75. The second-order valence-electron chi connectivity index (χ2n) is 4.69. The van der Waals surface area contributed by atoms with Gasteiger partial charge >= 0.3 is 6.03 Å². The van der Waals surface area contributed by atoms with Gasteiger partial charge in [-0.25, -0.2) is 4.79 Å². The van der Waals surface area contributed by atoms with E-state index < -0.39 is 11.9 Å². The van der Waals surface area contributed by atoms with Crippen LogP contribution in [0.1, 0.15) is 4.88 Å². The molecule has 0 atom stereocenters. The SMILES string of the molecule is O=C1CN(CC(=O)NC(=O)NCCc2cccs2)CCN1. The molecular formula is C13H18N4O3S. The van der Waals surface area contributed by atoms with Crippen molar-refractivity contribution in [1.82, 2.24) is 20.9 Å². The van der Waals surface area contributed by atoms with E-state index in [-0.39, 0.29) is 19.0 Å². The summed E-state index contributed by atoms with van der Waals surface area (Å²) in [7, 11) is 0. The van der Waals surface area contributed by atoms with Crippen molar-refractivity contribution >= 4 is 29.2 Å². The molecule has 7 nitrogen and oxygen atoms in total. The number of amides is 4. The van der Waals surface area contributed by atoms with Crippen molar-refractivity contribution in [2.45, 2.75) is 6.42 Å². The van der Waals surface area contributed by atoms with Gasteiger partial charge in [0, 0.05) is 24.5 Å². The van der Waals surface area contributed by atoms with E-state index in [9.17, 15) is 14.4 Å². The highest BCUT2D eigenvalue weighted by atomic mass is 32.1. The topological polar surface area (TPSA) is 90.5 Å². The summed E-state index contributed by atoms with van der Waals surface area (Å²) < 4.78 is 0. The lowest BCUT2D eigenvalue weighted by Gasteiger charge is -2.25. The van der Waals surface area contributed by atoms with Crippen molar-refractivity contribution in [1.29, 1.82) is 0 Å². The van der Waals surface area contributed by atoms with Crippen molar-refractivity contribution in [2.75, 3.05) is 32.7 Å². The van der Waals surface area contributed by atoms with Gasteiger partial charge in [0.15, 0.2) is 0 Å². The van der Waals surface area contributed by atoms with Crippen molar-refractivity contribution in [2.24, 2.45) is 0 Å². The Labute approximate surface area is 126 Å². The third-order valence-corrected chi connectivity index (χ3v) is 3.91. The number of carbonyl (C=O) groups excluding carboxylic acids is 3. The number of carbonyl (C=O) groups is 3. The number of urea groups is 1. The smallest absolute Gasteiger partial charge is 0.321 e. The minimum atomic E-state index is -0.502. The van der Waals surface area contributed by atoms with Crippen LogP contribution in [-0.2, 0) is 16.0 Å². The van der Waals surface area contributed by atoms with Gasteiger partial charge in [-0.2, -0.15) is 0 Å². The lowest BCUT2D eigenvalue weighted by atomic mass is 10.3. The summed E-state index contributed by atoms with van der Waals surface area (Å²) in [6, 6.07) is 3.45. The van der Waals surface area contributed by atoms with E-state index in [1.54, 1.807) is 16.2 Å². The van der Waals surface area contributed by atoms with E-state index in [1.807, 2.05) is 17.5 Å². The van der Waals surface area contributed by atoms with Crippen LogP contribution < -0.4 is 16.0 Å². The fourth-order valence-corrected chi connectivity index (χ4v) is 2.70. The molecule has 114 valence electrons. The van der Waals surface area contributed by atoms with E-state index in [2.05, 4.69) is 16.0 Å². The maximum absolute atomic E-state index is 11.7. The molecule has 4 amide bonds. The molecule has 0 aliphatic carbocycles. The Morgan fingerprint density at radius 2 is 2.29 bits per heavy atom. The summed E-state index contributed by atoms with van der Waals surface area (Å²) in [6.45, 7) is 1.85. The average Bonchev–Trinajstić information content (AvgIpc) is 2.91. The van der Waals surface area contributed by atoms with Gasteiger partial charge in [-0.1, -0.05) is 6.07 Å². The van der Waals surface area contributed by atoms with E-state index in [4.69, 9.17) is 0 Å². The number of rotatable bonds is 5. The van der Waals surface area contributed by atoms with Crippen molar-refractivity contribution in [3.63, 3.8) is 0 Å². The molecule has 1 aromatic rings. The molecule has 0 radical (unpaired) electrons. The third kappa shape index (κ3) is 5.52. The Morgan fingerprint density at radius 1 is 1.43 bits per heavy atom. The maximum Gasteiger partial charge on any atom is 0.321 e. The summed E-state index contributed by atoms with van der Waals surface area (Å²) in [5, 5.41) is 9.56. The zero-order valence-electron chi connectivity index (χ0n) is 11.6. The quantitative estimate of drug-likeness (QED) is 0.687. The van der Waals surface area contributed by atoms with Crippen LogP contribution >= 0.6 is 11.3 Å². The van der Waals surface area contributed by atoms with Crippen molar-refractivity contribution in [3.8, 4) is 0 Å². The molecule has 0 bridgehead atoms. The predicted octanol–water partition coefficient (Wildman–Crippen LogP) is -0.452. The van der Waals surface area contributed by atoms with Gasteiger partial charge in [0.2, 0.25) is 11.8 Å². The van der Waals surface area contributed by atoms with Gasteiger partial charge in [-0.05, 0) is 17.9 Å².